The third-order valence-electron chi connectivity index (χ3n) is 9.47. The second kappa shape index (κ2) is 7.23. The zero-order valence-electron chi connectivity index (χ0n) is 19.2. The average Bonchev–Trinajstić information content (AvgIpc) is 3.01. The zero-order chi connectivity index (χ0) is 20.3. The van der Waals surface area contributed by atoms with E-state index in [9.17, 15) is 5.11 Å². The van der Waals surface area contributed by atoms with E-state index in [0.29, 0.717) is 16.2 Å². The summed E-state index contributed by atoms with van der Waals surface area (Å²) in [6, 6.07) is 0. The minimum atomic E-state index is -0.650. The molecule has 0 unspecified atom stereocenters. The number of hydrogen-bond acceptors (Lipinski definition) is 2. The fourth-order valence-corrected chi connectivity index (χ4v) is 8.86. The van der Waals surface area contributed by atoms with E-state index in [-0.39, 0.29) is 6.10 Å². The largest absolute Gasteiger partial charge is 0.417 e. The minimum absolute atomic E-state index is 0.0987. The minimum Gasteiger partial charge on any atom is -0.417 e. The van der Waals surface area contributed by atoms with Gasteiger partial charge in [-0.3, -0.25) is 0 Å². The fourth-order valence-electron chi connectivity index (χ4n) is 8.31. The summed E-state index contributed by atoms with van der Waals surface area (Å²) < 4.78 is 6.49. The third kappa shape index (κ3) is 3.28. The Morgan fingerprint density at radius 3 is 2.54 bits per heavy atom. The monoisotopic (exact) mass is 403 g/mol. The van der Waals surface area contributed by atoms with Crippen LogP contribution in [0.4, 0.5) is 0 Å². The first-order valence-corrected chi connectivity index (χ1v) is 14.3. The molecule has 4 rings (SSSR count). The van der Waals surface area contributed by atoms with Crippen LogP contribution >= 0.6 is 0 Å². The van der Waals surface area contributed by atoms with E-state index in [1.165, 1.54) is 38.5 Å². The van der Waals surface area contributed by atoms with Gasteiger partial charge >= 0.3 is 0 Å². The molecule has 0 heterocycles. The van der Waals surface area contributed by atoms with E-state index >= 15 is 0 Å². The molecule has 1 radical (unpaired) electrons. The molecule has 3 heteroatoms. The van der Waals surface area contributed by atoms with Gasteiger partial charge < -0.3 is 9.53 Å². The number of rotatable bonds is 3. The van der Waals surface area contributed by atoms with Crippen molar-refractivity contribution in [2.45, 2.75) is 98.3 Å². The van der Waals surface area contributed by atoms with E-state index in [1.807, 2.05) is 0 Å². The number of allylic oxidation sites excluding steroid dienone is 1. The number of aliphatic hydroxyl groups is 1. The molecule has 4 aliphatic carbocycles. The van der Waals surface area contributed by atoms with Crippen molar-refractivity contribution in [3.05, 3.63) is 11.6 Å². The van der Waals surface area contributed by atoms with E-state index in [1.54, 1.807) is 5.57 Å². The highest BCUT2D eigenvalue weighted by Gasteiger charge is 2.62. The van der Waals surface area contributed by atoms with Gasteiger partial charge in [-0.2, -0.15) is 0 Å². The summed E-state index contributed by atoms with van der Waals surface area (Å²) in [5.41, 5.74) is 2.71. The maximum atomic E-state index is 10.2. The van der Waals surface area contributed by atoms with Crippen LogP contribution in [0.25, 0.3) is 0 Å². The van der Waals surface area contributed by atoms with Crippen LogP contribution in [0.5, 0.6) is 0 Å². The molecule has 3 saturated carbocycles. The van der Waals surface area contributed by atoms with Crippen molar-refractivity contribution in [3.8, 4) is 0 Å². The maximum absolute atomic E-state index is 10.2. The smallest absolute Gasteiger partial charge is 0.204 e. The van der Waals surface area contributed by atoms with E-state index in [4.69, 9.17) is 4.43 Å². The lowest BCUT2D eigenvalue weighted by Gasteiger charge is -2.59. The van der Waals surface area contributed by atoms with Crippen LogP contribution in [0.3, 0.4) is 0 Å². The van der Waals surface area contributed by atoms with Crippen LogP contribution in [0, 0.1) is 39.9 Å². The van der Waals surface area contributed by atoms with Crippen molar-refractivity contribution in [3.63, 3.8) is 0 Å². The zero-order valence-corrected chi connectivity index (χ0v) is 20.2. The summed E-state index contributed by atoms with van der Waals surface area (Å²) in [5, 5.41) is 10.2. The third-order valence-corrected chi connectivity index (χ3v) is 10.2. The van der Waals surface area contributed by atoms with Gasteiger partial charge in [-0.05, 0) is 104 Å². The van der Waals surface area contributed by atoms with Crippen molar-refractivity contribution >= 4 is 9.04 Å². The molecular formula is C25H43O2Si. The van der Waals surface area contributed by atoms with Crippen molar-refractivity contribution in [1.29, 1.82) is 0 Å². The molecule has 0 aliphatic heterocycles. The van der Waals surface area contributed by atoms with Gasteiger partial charge in [0.05, 0.1) is 6.10 Å². The summed E-state index contributed by atoms with van der Waals surface area (Å²) in [4.78, 5) is 0. The van der Waals surface area contributed by atoms with Gasteiger partial charge in [0, 0.05) is 6.61 Å². The molecule has 7 atom stereocenters. The first-order chi connectivity index (χ1) is 13.1. The van der Waals surface area contributed by atoms with Gasteiger partial charge in [0.25, 0.3) is 0 Å². The van der Waals surface area contributed by atoms with Crippen LogP contribution in [0.15, 0.2) is 11.6 Å². The van der Waals surface area contributed by atoms with E-state index < -0.39 is 9.04 Å². The Morgan fingerprint density at radius 2 is 1.86 bits per heavy atom. The van der Waals surface area contributed by atoms with Crippen LogP contribution in [0.1, 0.15) is 79.1 Å². The highest BCUT2D eigenvalue weighted by Crippen LogP contribution is 2.68. The topological polar surface area (TPSA) is 29.5 Å². The highest BCUT2D eigenvalue weighted by molar-refractivity contribution is 6.48. The number of fused-ring (bicyclic) bond motifs is 5. The summed E-state index contributed by atoms with van der Waals surface area (Å²) >= 11 is 0. The molecule has 28 heavy (non-hydrogen) atoms. The Bertz CT molecular complexity index is 621. The first kappa shape index (κ1) is 21.1. The molecule has 3 fully saturated rings. The average molecular weight is 404 g/mol. The predicted octanol–water partition coefficient (Wildman–Crippen LogP) is 6.22. The molecule has 159 valence electrons. The standard InChI is InChI=1S/C25H43O2Si/c1-23(2,3)22-10-9-21-19-8-7-17-15-18(26)11-13-24(17,4)20(19)12-14-25(21,22)16-27-28(5)6/h7,18-22,26H,8-16H2,1-6H3/t18-,19+,20-,21-,22+,24-,25+/m0/s1. The second-order valence-corrected chi connectivity index (χ2v) is 14.2. The van der Waals surface area contributed by atoms with Crippen LogP contribution in [-0.2, 0) is 4.43 Å². The molecule has 0 aromatic rings. The van der Waals surface area contributed by atoms with Gasteiger partial charge in [0.2, 0.25) is 9.04 Å². The molecule has 1 N–H and O–H groups in total. The van der Waals surface area contributed by atoms with Crippen molar-refractivity contribution < 1.29 is 9.53 Å². The Kier molecular flexibility index (Phi) is 5.46. The Labute approximate surface area is 175 Å². The van der Waals surface area contributed by atoms with Crippen molar-refractivity contribution in [2.24, 2.45) is 39.9 Å². The molecule has 4 aliphatic rings. The second-order valence-electron chi connectivity index (χ2n) is 12.1. The van der Waals surface area contributed by atoms with Crippen LogP contribution in [-0.4, -0.2) is 26.9 Å². The molecule has 0 saturated heterocycles. The quantitative estimate of drug-likeness (QED) is 0.448. The lowest BCUT2D eigenvalue weighted by atomic mass is 9.46. The molecule has 0 bridgehead atoms. The summed E-state index contributed by atoms with van der Waals surface area (Å²) in [6.45, 7) is 15.6. The van der Waals surface area contributed by atoms with Crippen molar-refractivity contribution in [2.75, 3.05) is 6.61 Å². The van der Waals surface area contributed by atoms with Gasteiger partial charge in [0.15, 0.2) is 0 Å². The Morgan fingerprint density at radius 1 is 1.11 bits per heavy atom. The lowest BCUT2D eigenvalue weighted by molar-refractivity contribution is -0.0947. The van der Waals surface area contributed by atoms with Crippen LogP contribution < -0.4 is 0 Å². The number of hydrogen-bond donors (Lipinski definition) is 1. The fraction of sp³-hybridized carbons (Fsp3) is 0.920. The SMILES string of the molecule is C[Si](C)OC[C@]12CC[C@H]3[C@@H](CC=C4C[C@@H](O)CC[C@@]43C)[C@@H]1CC[C@@H]2C(C)(C)C. The van der Waals surface area contributed by atoms with Gasteiger partial charge in [-0.15, -0.1) is 0 Å². The lowest BCUT2D eigenvalue weighted by Crippen LogP contribution is -2.54. The molecular weight excluding hydrogens is 360 g/mol. The summed E-state index contributed by atoms with van der Waals surface area (Å²) in [7, 11) is -0.650. The summed E-state index contributed by atoms with van der Waals surface area (Å²) in [5.74, 6) is 3.28. The van der Waals surface area contributed by atoms with Crippen molar-refractivity contribution in [1.82, 2.24) is 0 Å². The maximum Gasteiger partial charge on any atom is 0.204 e. The Balaban J connectivity index is 1.67. The van der Waals surface area contributed by atoms with Gasteiger partial charge in [0.1, 0.15) is 0 Å². The molecule has 0 spiro atoms. The predicted molar refractivity (Wildman–Crippen MR) is 118 cm³/mol. The van der Waals surface area contributed by atoms with Gasteiger partial charge in [-0.25, -0.2) is 0 Å². The molecule has 0 aromatic carbocycles. The molecule has 0 aromatic heterocycles. The molecule has 2 nitrogen and oxygen atoms in total. The van der Waals surface area contributed by atoms with Gasteiger partial charge in [-0.1, -0.05) is 39.3 Å². The molecule has 0 amide bonds. The number of aliphatic hydroxyl groups excluding tert-OH is 1. The summed E-state index contributed by atoms with van der Waals surface area (Å²) in [6.07, 6.45) is 12.4. The van der Waals surface area contributed by atoms with Crippen LogP contribution in [0.2, 0.25) is 13.1 Å². The normalized spacial score (nSPS) is 46.0. The van der Waals surface area contributed by atoms with E-state index in [0.717, 1.165) is 43.1 Å². The highest BCUT2D eigenvalue weighted by atomic mass is 28.3. The Hall–Kier alpha value is -0.123. The van der Waals surface area contributed by atoms with E-state index in [2.05, 4.69) is 46.9 Å². The first-order valence-electron chi connectivity index (χ1n) is 11.9.